The summed E-state index contributed by atoms with van der Waals surface area (Å²) in [7, 11) is 0. The summed E-state index contributed by atoms with van der Waals surface area (Å²) in [6.07, 6.45) is 0. The number of pyridine rings is 1. The number of hydrogen-bond donors (Lipinski definition) is 0. The van der Waals surface area contributed by atoms with Gasteiger partial charge in [0.2, 0.25) is 0 Å². The van der Waals surface area contributed by atoms with Crippen molar-refractivity contribution in [2.24, 2.45) is 0 Å². The van der Waals surface area contributed by atoms with E-state index in [1.807, 2.05) is 84.9 Å². The lowest BCUT2D eigenvalue weighted by Gasteiger charge is -2.11. The second kappa shape index (κ2) is 13.0. The predicted molar refractivity (Wildman–Crippen MR) is 193 cm³/mol. The molecule has 0 saturated heterocycles. The van der Waals surface area contributed by atoms with Crippen molar-refractivity contribution in [3.8, 4) is 78.9 Å². The maximum absolute atomic E-state index is 5.09. The molecule has 2 heterocycles. The molecule has 0 radical (unpaired) electrons. The summed E-state index contributed by atoms with van der Waals surface area (Å²) >= 11 is 0. The molecule has 224 valence electrons. The zero-order valence-electron chi connectivity index (χ0n) is 26.0. The fraction of sp³-hybridized carbons (Fsp3) is 0. The third kappa shape index (κ3) is 6.09. The fourth-order valence-corrected chi connectivity index (χ4v) is 5.73. The first kappa shape index (κ1) is 28.8. The lowest BCUT2D eigenvalue weighted by Crippen LogP contribution is -2.00. The molecule has 0 fully saturated rings. The van der Waals surface area contributed by atoms with Crippen LogP contribution >= 0.6 is 0 Å². The molecule has 0 spiro atoms. The van der Waals surface area contributed by atoms with E-state index >= 15 is 0 Å². The molecule has 0 bridgehead atoms. The van der Waals surface area contributed by atoms with Gasteiger partial charge in [0.05, 0.1) is 17.0 Å². The molecule has 8 rings (SSSR count). The van der Waals surface area contributed by atoms with E-state index in [2.05, 4.69) is 97.1 Å². The monoisotopic (exact) mass is 612 g/mol. The third-order valence-corrected chi connectivity index (χ3v) is 8.19. The van der Waals surface area contributed by atoms with Gasteiger partial charge in [-0.25, -0.2) is 19.9 Å². The van der Waals surface area contributed by atoms with Gasteiger partial charge in [-0.1, -0.05) is 152 Å². The Hall–Kier alpha value is -6.70. The lowest BCUT2D eigenvalue weighted by molar-refractivity contribution is 1.07. The number of rotatable bonds is 7. The summed E-state index contributed by atoms with van der Waals surface area (Å²) in [5.74, 6) is 1.78. The molecule has 0 aliphatic carbocycles. The van der Waals surface area contributed by atoms with Gasteiger partial charge in [-0.2, -0.15) is 0 Å². The lowest BCUT2D eigenvalue weighted by atomic mass is 9.98. The van der Waals surface area contributed by atoms with E-state index in [-0.39, 0.29) is 0 Å². The summed E-state index contributed by atoms with van der Waals surface area (Å²) < 4.78 is 0. The molecule has 0 aliphatic rings. The van der Waals surface area contributed by atoms with Crippen LogP contribution in [0, 0.1) is 12.1 Å². The van der Waals surface area contributed by atoms with Crippen LogP contribution in [0.15, 0.2) is 170 Å². The van der Waals surface area contributed by atoms with E-state index in [1.54, 1.807) is 0 Å². The van der Waals surface area contributed by atoms with Gasteiger partial charge in [-0.15, -0.1) is 0 Å². The van der Waals surface area contributed by atoms with E-state index in [0.29, 0.717) is 17.5 Å². The Bertz CT molecular complexity index is 2190. The minimum absolute atomic E-state index is 0.561. The van der Waals surface area contributed by atoms with Crippen molar-refractivity contribution in [2.75, 3.05) is 0 Å². The normalized spacial score (nSPS) is 10.8. The standard InChI is InChI=1S/C44H28N4/c1-5-14-31(15-6-1)39-29-40(33-16-7-2-8-17-33)45-41(30-39)34-26-24-32(25-27-34)37-22-13-23-38(28-37)44-47-42(35-18-9-3-10-19-35)46-43(48-44)36-20-11-4-12-21-36/h1-11,13-20,22-30H. The zero-order chi connectivity index (χ0) is 32.1. The summed E-state index contributed by atoms with van der Waals surface area (Å²) in [5.41, 5.74) is 11.1. The van der Waals surface area contributed by atoms with Crippen LogP contribution in [0.2, 0.25) is 0 Å². The van der Waals surface area contributed by atoms with Crippen molar-refractivity contribution in [3.63, 3.8) is 0 Å². The predicted octanol–water partition coefficient (Wildman–Crippen LogP) is 10.5. The molecule has 0 N–H and O–H groups in total. The quantitative estimate of drug-likeness (QED) is 0.180. The second-order valence-electron chi connectivity index (χ2n) is 11.4. The van der Waals surface area contributed by atoms with Gasteiger partial charge in [0.15, 0.2) is 17.5 Å². The van der Waals surface area contributed by atoms with Crippen LogP contribution in [-0.2, 0) is 0 Å². The van der Waals surface area contributed by atoms with Crippen molar-refractivity contribution in [3.05, 3.63) is 182 Å². The molecule has 6 aromatic carbocycles. The Morgan fingerprint density at radius 3 is 1.46 bits per heavy atom. The van der Waals surface area contributed by atoms with Crippen molar-refractivity contribution in [1.82, 2.24) is 19.9 Å². The summed E-state index contributed by atoms with van der Waals surface area (Å²) in [4.78, 5) is 19.7. The second-order valence-corrected chi connectivity index (χ2v) is 11.4. The van der Waals surface area contributed by atoms with Gasteiger partial charge in [0.25, 0.3) is 0 Å². The molecule has 48 heavy (non-hydrogen) atoms. The van der Waals surface area contributed by atoms with E-state index in [0.717, 1.165) is 61.5 Å². The maximum atomic E-state index is 5.09. The number of nitrogens with zero attached hydrogens (tertiary/aromatic N) is 4. The van der Waals surface area contributed by atoms with Gasteiger partial charge in [-0.05, 0) is 52.6 Å². The van der Waals surface area contributed by atoms with Crippen LogP contribution in [0.5, 0.6) is 0 Å². The molecule has 0 aliphatic heterocycles. The Kier molecular flexibility index (Phi) is 7.76. The van der Waals surface area contributed by atoms with Crippen molar-refractivity contribution >= 4 is 0 Å². The molecular weight excluding hydrogens is 585 g/mol. The first-order valence-electron chi connectivity index (χ1n) is 15.8. The molecule has 0 amide bonds. The van der Waals surface area contributed by atoms with Gasteiger partial charge in [0.1, 0.15) is 0 Å². The van der Waals surface area contributed by atoms with Crippen LogP contribution in [0.4, 0.5) is 0 Å². The van der Waals surface area contributed by atoms with Crippen LogP contribution in [0.3, 0.4) is 0 Å². The van der Waals surface area contributed by atoms with Crippen molar-refractivity contribution in [1.29, 1.82) is 0 Å². The summed E-state index contributed by atoms with van der Waals surface area (Å²) in [6, 6.07) is 63.8. The highest BCUT2D eigenvalue weighted by molar-refractivity contribution is 5.78. The van der Waals surface area contributed by atoms with E-state index in [9.17, 15) is 0 Å². The highest BCUT2D eigenvalue weighted by Crippen LogP contribution is 2.32. The van der Waals surface area contributed by atoms with Crippen LogP contribution < -0.4 is 0 Å². The fourth-order valence-electron chi connectivity index (χ4n) is 5.73. The van der Waals surface area contributed by atoms with Crippen LogP contribution in [0.1, 0.15) is 0 Å². The average Bonchev–Trinajstić information content (AvgIpc) is 3.19. The van der Waals surface area contributed by atoms with Gasteiger partial charge in [-0.3, -0.25) is 0 Å². The van der Waals surface area contributed by atoms with E-state index < -0.39 is 0 Å². The SMILES string of the molecule is c1cccc(-c2nc(-c3ccccc3)nc(-c3cccc(-c4ccc(-c5cc(-c6ccccc6)cc(-c6ccccc6)n5)cc4)c3)n2)c#1. The molecule has 0 saturated carbocycles. The number of hydrogen-bond acceptors (Lipinski definition) is 4. The topological polar surface area (TPSA) is 51.6 Å². The highest BCUT2D eigenvalue weighted by Gasteiger charge is 2.14. The largest absolute Gasteiger partial charge is 0.248 e. The Labute approximate surface area is 280 Å². The molecule has 4 heteroatoms. The molecule has 0 atom stereocenters. The Morgan fingerprint density at radius 1 is 0.312 bits per heavy atom. The highest BCUT2D eigenvalue weighted by atomic mass is 15.0. The first-order valence-corrected chi connectivity index (χ1v) is 15.8. The minimum atomic E-state index is 0.561. The maximum Gasteiger partial charge on any atom is 0.172 e. The summed E-state index contributed by atoms with van der Waals surface area (Å²) in [6.45, 7) is 0. The first-order chi connectivity index (χ1) is 23.8. The third-order valence-electron chi connectivity index (χ3n) is 8.19. The van der Waals surface area contributed by atoms with E-state index in [1.165, 1.54) is 0 Å². The molecule has 8 aromatic rings. The Morgan fingerprint density at radius 2 is 0.812 bits per heavy atom. The summed E-state index contributed by atoms with van der Waals surface area (Å²) in [5, 5.41) is 0. The van der Waals surface area contributed by atoms with Crippen molar-refractivity contribution < 1.29 is 0 Å². The zero-order valence-corrected chi connectivity index (χ0v) is 26.0. The molecular formula is C44H28N4. The van der Waals surface area contributed by atoms with Gasteiger partial charge >= 0.3 is 0 Å². The van der Waals surface area contributed by atoms with Crippen LogP contribution in [0.25, 0.3) is 78.9 Å². The number of aromatic nitrogens is 4. The van der Waals surface area contributed by atoms with Gasteiger partial charge < -0.3 is 0 Å². The van der Waals surface area contributed by atoms with E-state index in [4.69, 9.17) is 19.9 Å². The Balaban J connectivity index is 1.16. The average molecular weight is 613 g/mol. The molecule has 2 aromatic heterocycles. The molecule has 0 unspecified atom stereocenters. The van der Waals surface area contributed by atoms with Crippen LogP contribution in [-0.4, -0.2) is 19.9 Å². The molecule has 4 nitrogen and oxygen atoms in total. The minimum Gasteiger partial charge on any atom is -0.248 e. The van der Waals surface area contributed by atoms with Crippen molar-refractivity contribution in [2.45, 2.75) is 0 Å². The smallest absolute Gasteiger partial charge is 0.172 e. The number of benzene rings is 5. The van der Waals surface area contributed by atoms with Gasteiger partial charge in [0, 0.05) is 22.3 Å².